The number of aryl methyl sites for hydroxylation is 1. The van der Waals surface area contributed by atoms with Gasteiger partial charge in [0.1, 0.15) is 6.54 Å². The van der Waals surface area contributed by atoms with Crippen molar-refractivity contribution in [2.24, 2.45) is 0 Å². The van der Waals surface area contributed by atoms with Crippen molar-refractivity contribution >= 4 is 29.0 Å². The van der Waals surface area contributed by atoms with Crippen LogP contribution in [0.1, 0.15) is 55.5 Å². The average molecular weight is 414 g/mol. The highest BCUT2D eigenvalue weighted by Gasteiger charge is 2.22. The summed E-state index contributed by atoms with van der Waals surface area (Å²) in [5.41, 5.74) is 4.11. The van der Waals surface area contributed by atoms with E-state index in [0.29, 0.717) is 24.0 Å². The molecule has 2 amide bonds. The minimum atomic E-state index is -0.153. The Kier molecular flexibility index (Phi) is 7.94. The van der Waals surface area contributed by atoms with Gasteiger partial charge in [-0.25, -0.2) is 0 Å². The SMILES string of the molecule is CC[NH+](CC(=O)Nc1ccc(NC(C)=O)cc1)CC(=O)c1cc(C)n(C(C)C)c1C. The van der Waals surface area contributed by atoms with Gasteiger partial charge in [-0.15, -0.1) is 0 Å². The number of rotatable bonds is 9. The number of amides is 2. The number of Topliss-reactive ketones (excluding diaryl/α,β-unsaturated/α-hetero) is 1. The van der Waals surface area contributed by atoms with Gasteiger partial charge in [0, 0.05) is 41.3 Å². The molecule has 7 nitrogen and oxygen atoms in total. The Bertz CT molecular complexity index is 913. The Hall–Kier alpha value is -2.93. The number of hydrogen-bond acceptors (Lipinski definition) is 3. The highest BCUT2D eigenvalue weighted by molar-refractivity contribution is 5.98. The minimum absolute atomic E-state index is 0.0549. The molecule has 0 aliphatic rings. The van der Waals surface area contributed by atoms with Gasteiger partial charge in [-0.3, -0.25) is 14.4 Å². The number of aromatic nitrogens is 1. The molecule has 0 bridgehead atoms. The van der Waals surface area contributed by atoms with Crippen LogP contribution in [0.2, 0.25) is 0 Å². The van der Waals surface area contributed by atoms with E-state index < -0.39 is 0 Å². The van der Waals surface area contributed by atoms with E-state index >= 15 is 0 Å². The van der Waals surface area contributed by atoms with Gasteiger partial charge >= 0.3 is 0 Å². The van der Waals surface area contributed by atoms with Crippen molar-refractivity contribution in [1.82, 2.24) is 4.57 Å². The van der Waals surface area contributed by atoms with Gasteiger partial charge < -0.3 is 20.1 Å². The third-order valence-electron chi connectivity index (χ3n) is 5.11. The summed E-state index contributed by atoms with van der Waals surface area (Å²) in [7, 11) is 0. The Morgan fingerprint density at radius 1 is 1.00 bits per heavy atom. The molecular formula is C23H33N4O3+. The van der Waals surface area contributed by atoms with Crippen molar-refractivity contribution in [2.45, 2.75) is 47.6 Å². The topological polar surface area (TPSA) is 84.6 Å². The van der Waals surface area contributed by atoms with Gasteiger partial charge in [0.25, 0.3) is 5.91 Å². The monoisotopic (exact) mass is 413 g/mol. The standard InChI is InChI=1S/C23H32N4O3/c1-7-26(13-22(29)21-12-16(4)27(15(2)3)17(21)5)14-23(30)25-20-10-8-19(9-11-20)24-18(6)28/h8-12,15H,7,13-14H2,1-6H3,(H,24,28)(H,25,30)/p+1. The molecule has 0 aliphatic heterocycles. The molecule has 1 aromatic carbocycles. The van der Waals surface area contributed by atoms with E-state index in [1.807, 2.05) is 26.8 Å². The normalized spacial score (nSPS) is 12.0. The molecule has 1 heterocycles. The van der Waals surface area contributed by atoms with E-state index in [0.717, 1.165) is 21.9 Å². The van der Waals surface area contributed by atoms with E-state index in [2.05, 4.69) is 29.0 Å². The van der Waals surface area contributed by atoms with Gasteiger partial charge in [-0.05, 0) is 65.0 Å². The van der Waals surface area contributed by atoms with Crippen LogP contribution in [0.3, 0.4) is 0 Å². The zero-order chi connectivity index (χ0) is 22.4. The summed E-state index contributed by atoms with van der Waals surface area (Å²) in [5.74, 6) is -0.244. The fraction of sp³-hybridized carbons (Fsp3) is 0.435. The first-order valence-corrected chi connectivity index (χ1v) is 10.3. The molecule has 0 radical (unpaired) electrons. The fourth-order valence-corrected chi connectivity index (χ4v) is 3.76. The molecule has 3 N–H and O–H groups in total. The number of anilines is 2. The summed E-state index contributed by atoms with van der Waals surface area (Å²) >= 11 is 0. The number of ketones is 1. The third kappa shape index (κ3) is 6.03. The first kappa shape index (κ1) is 23.3. The van der Waals surface area contributed by atoms with Crippen LogP contribution in [0, 0.1) is 13.8 Å². The zero-order valence-corrected chi connectivity index (χ0v) is 18.8. The molecular weight excluding hydrogens is 380 g/mol. The molecule has 0 saturated carbocycles. The average Bonchev–Trinajstić information content (AvgIpc) is 2.96. The Balaban J connectivity index is 1.98. The van der Waals surface area contributed by atoms with Crippen LogP contribution >= 0.6 is 0 Å². The van der Waals surface area contributed by atoms with Crippen LogP contribution in [-0.2, 0) is 9.59 Å². The molecule has 2 rings (SSSR count). The summed E-state index contributed by atoms with van der Waals surface area (Å²) in [5, 5.41) is 5.54. The summed E-state index contributed by atoms with van der Waals surface area (Å²) in [6, 6.07) is 9.18. The number of quaternary nitrogens is 1. The lowest BCUT2D eigenvalue weighted by atomic mass is 10.1. The Labute approximate surface area is 178 Å². The van der Waals surface area contributed by atoms with Crippen molar-refractivity contribution in [3.05, 3.63) is 47.3 Å². The van der Waals surface area contributed by atoms with E-state index in [-0.39, 0.29) is 30.7 Å². The molecule has 1 unspecified atom stereocenters. The maximum atomic E-state index is 12.9. The van der Waals surface area contributed by atoms with E-state index in [1.165, 1.54) is 6.92 Å². The number of carbonyl (C=O) groups excluding carboxylic acids is 3. The quantitative estimate of drug-likeness (QED) is 0.552. The van der Waals surface area contributed by atoms with Gasteiger partial charge in [0.2, 0.25) is 11.7 Å². The number of benzene rings is 1. The fourth-order valence-electron chi connectivity index (χ4n) is 3.76. The second-order valence-corrected chi connectivity index (χ2v) is 7.94. The Morgan fingerprint density at radius 2 is 1.57 bits per heavy atom. The molecule has 30 heavy (non-hydrogen) atoms. The molecule has 1 aromatic heterocycles. The van der Waals surface area contributed by atoms with Crippen molar-refractivity contribution in [1.29, 1.82) is 0 Å². The Morgan fingerprint density at radius 3 is 2.03 bits per heavy atom. The van der Waals surface area contributed by atoms with Crippen LogP contribution in [0.4, 0.5) is 11.4 Å². The van der Waals surface area contributed by atoms with Crippen molar-refractivity contribution in [3.8, 4) is 0 Å². The summed E-state index contributed by atoms with van der Waals surface area (Å²) in [6.45, 7) is 12.8. The minimum Gasteiger partial charge on any atom is -0.346 e. The predicted octanol–water partition coefficient (Wildman–Crippen LogP) is 2.37. The number of carbonyl (C=O) groups is 3. The molecule has 1 atom stereocenters. The highest BCUT2D eigenvalue weighted by atomic mass is 16.2. The molecule has 2 aromatic rings. The molecule has 0 fully saturated rings. The molecule has 0 spiro atoms. The van der Waals surface area contributed by atoms with E-state index in [1.54, 1.807) is 24.3 Å². The lowest BCUT2D eigenvalue weighted by molar-refractivity contribution is -0.881. The smallest absolute Gasteiger partial charge is 0.279 e. The largest absolute Gasteiger partial charge is 0.346 e. The van der Waals surface area contributed by atoms with Crippen LogP contribution in [0.5, 0.6) is 0 Å². The second-order valence-electron chi connectivity index (χ2n) is 7.94. The summed E-state index contributed by atoms with van der Waals surface area (Å²) in [6.07, 6.45) is 0. The second kappa shape index (κ2) is 10.2. The summed E-state index contributed by atoms with van der Waals surface area (Å²) in [4.78, 5) is 37.3. The number of nitrogens with one attached hydrogen (secondary N) is 3. The summed E-state index contributed by atoms with van der Waals surface area (Å²) < 4.78 is 2.16. The van der Waals surface area contributed by atoms with Gasteiger partial charge in [0.15, 0.2) is 6.54 Å². The number of nitrogens with zero attached hydrogens (tertiary/aromatic N) is 1. The lowest BCUT2D eigenvalue weighted by Gasteiger charge is -2.17. The molecule has 0 aliphatic carbocycles. The zero-order valence-electron chi connectivity index (χ0n) is 18.8. The first-order chi connectivity index (χ1) is 14.1. The molecule has 0 saturated heterocycles. The third-order valence-corrected chi connectivity index (χ3v) is 5.11. The molecule has 7 heteroatoms. The molecule has 162 valence electrons. The van der Waals surface area contributed by atoms with Crippen LogP contribution in [-0.4, -0.2) is 41.8 Å². The first-order valence-electron chi connectivity index (χ1n) is 10.3. The van der Waals surface area contributed by atoms with Crippen molar-refractivity contribution < 1.29 is 19.3 Å². The highest BCUT2D eigenvalue weighted by Crippen LogP contribution is 2.20. The predicted molar refractivity (Wildman–Crippen MR) is 119 cm³/mol. The van der Waals surface area contributed by atoms with E-state index in [4.69, 9.17) is 0 Å². The number of hydrogen-bond donors (Lipinski definition) is 3. The van der Waals surface area contributed by atoms with E-state index in [9.17, 15) is 14.4 Å². The van der Waals surface area contributed by atoms with Crippen molar-refractivity contribution in [2.75, 3.05) is 30.3 Å². The van der Waals surface area contributed by atoms with Gasteiger partial charge in [0.05, 0.1) is 6.54 Å². The maximum absolute atomic E-state index is 12.9. The van der Waals surface area contributed by atoms with Crippen LogP contribution < -0.4 is 15.5 Å². The lowest BCUT2D eigenvalue weighted by Crippen LogP contribution is -3.13. The maximum Gasteiger partial charge on any atom is 0.279 e. The van der Waals surface area contributed by atoms with Gasteiger partial charge in [-0.2, -0.15) is 0 Å². The number of likely N-dealkylation sites (N-methyl/N-ethyl adjacent to an activating group) is 1. The van der Waals surface area contributed by atoms with Crippen molar-refractivity contribution in [3.63, 3.8) is 0 Å². The van der Waals surface area contributed by atoms with Gasteiger partial charge in [-0.1, -0.05) is 0 Å². The van der Waals surface area contributed by atoms with Crippen LogP contribution in [0.25, 0.3) is 0 Å². The van der Waals surface area contributed by atoms with Crippen LogP contribution in [0.15, 0.2) is 30.3 Å².